The Labute approximate surface area is 89.2 Å². The first-order valence-corrected chi connectivity index (χ1v) is 4.90. The summed E-state index contributed by atoms with van der Waals surface area (Å²) in [6.07, 6.45) is 5.81. The van der Waals surface area contributed by atoms with Crippen LogP contribution in [0, 0.1) is 0 Å². The smallest absolute Gasteiger partial charge is 0.126 e. The van der Waals surface area contributed by atoms with Crippen LogP contribution in [-0.4, -0.2) is 12.1 Å². The quantitative estimate of drug-likeness (QED) is 0.740. The van der Waals surface area contributed by atoms with E-state index < -0.39 is 0 Å². The van der Waals surface area contributed by atoms with Gasteiger partial charge < -0.3 is 4.74 Å². The highest BCUT2D eigenvalue weighted by molar-refractivity contribution is 5.83. The van der Waals surface area contributed by atoms with Gasteiger partial charge in [0.05, 0.1) is 12.6 Å². The minimum Gasteiger partial charge on any atom is -0.496 e. The van der Waals surface area contributed by atoms with Gasteiger partial charge in [0.25, 0.3) is 0 Å². The van der Waals surface area contributed by atoms with Gasteiger partial charge in [-0.2, -0.15) is 0 Å². The second-order valence-corrected chi connectivity index (χ2v) is 3.29. The second kappa shape index (κ2) is 4.13. The van der Waals surface area contributed by atoms with E-state index in [0.29, 0.717) is 0 Å². The molecule has 0 N–H and O–H groups in total. The van der Waals surface area contributed by atoms with Crippen LogP contribution in [0.3, 0.4) is 0 Å². The Hall–Kier alpha value is -1.83. The van der Waals surface area contributed by atoms with Crippen LogP contribution in [0.5, 0.6) is 5.75 Å². The Bertz CT molecular complexity index is 503. The van der Waals surface area contributed by atoms with Crippen LogP contribution in [-0.2, 0) is 0 Å². The van der Waals surface area contributed by atoms with E-state index in [9.17, 15) is 0 Å². The zero-order valence-electron chi connectivity index (χ0n) is 8.90. The van der Waals surface area contributed by atoms with Crippen molar-refractivity contribution in [3.8, 4) is 5.75 Å². The number of aromatic nitrogens is 1. The van der Waals surface area contributed by atoms with Gasteiger partial charge in [-0.1, -0.05) is 18.2 Å². The third-order valence-corrected chi connectivity index (χ3v) is 2.30. The molecule has 0 aliphatic carbocycles. The fraction of sp³-hybridized carbons (Fsp3) is 0.154. The highest BCUT2D eigenvalue weighted by Gasteiger charge is 2.02. The molecule has 2 aromatic rings. The topological polar surface area (TPSA) is 22.1 Å². The van der Waals surface area contributed by atoms with Crippen LogP contribution in [0.1, 0.15) is 12.5 Å². The number of pyridine rings is 1. The Morgan fingerprint density at radius 3 is 2.93 bits per heavy atom. The molecule has 2 heteroatoms. The third-order valence-electron chi connectivity index (χ3n) is 2.30. The number of nitrogens with zero attached hydrogens (tertiary/aromatic N) is 1. The maximum atomic E-state index is 5.33. The first kappa shape index (κ1) is 9.71. The van der Waals surface area contributed by atoms with Crippen molar-refractivity contribution < 1.29 is 4.74 Å². The van der Waals surface area contributed by atoms with Gasteiger partial charge >= 0.3 is 0 Å². The average Bonchev–Trinajstić information content (AvgIpc) is 2.28. The van der Waals surface area contributed by atoms with E-state index in [2.05, 4.69) is 4.98 Å². The van der Waals surface area contributed by atoms with Crippen molar-refractivity contribution in [1.29, 1.82) is 0 Å². The van der Waals surface area contributed by atoms with Gasteiger partial charge in [-0.25, -0.2) is 0 Å². The number of fused-ring (bicyclic) bond motifs is 1. The fourth-order valence-corrected chi connectivity index (χ4v) is 1.60. The maximum Gasteiger partial charge on any atom is 0.126 e. The number of benzene rings is 1. The van der Waals surface area contributed by atoms with E-state index in [4.69, 9.17) is 4.74 Å². The summed E-state index contributed by atoms with van der Waals surface area (Å²) in [5.74, 6) is 0.883. The lowest BCUT2D eigenvalue weighted by Gasteiger charge is -2.06. The Morgan fingerprint density at radius 2 is 2.20 bits per heavy atom. The summed E-state index contributed by atoms with van der Waals surface area (Å²) in [5, 5.41) is 1.10. The molecule has 0 saturated heterocycles. The maximum absolute atomic E-state index is 5.33. The van der Waals surface area contributed by atoms with Crippen molar-refractivity contribution in [3.63, 3.8) is 0 Å². The molecule has 0 aliphatic rings. The van der Waals surface area contributed by atoms with Crippen molar-refractivity contribution in [2.45, 2.75) is 6.92 Å². The van der Waals surface area contributed by atoms with Crippen LogP contribution < -0.4 is 4.74 Å². The van der Waals surface area contributed by atoms with Crippen LogP contribution >= 0.6 is 0 Å². The van der Waals surface area contributed by atoms with Crippen LogP contribution in [0.2, 0.25) is 0 Å². The summed E-state index contributed by atoms with van der Waals surface area (Å²) in [5.41, 5.74) is 2.05. The van der Waals surface area contributed by atoms with Crippen molar-refractivity contribution in [2.24, 2.45) is 0 Å². The molecule has 0 bridgehead atoms. The molecule has 0 aliphatic heterocycles. The summed E-state index contributed by atoms with van der Waals surface area (Å²) >= 11 is 0. The van der Waals surface area contributed by atoms with Gasteiger partial charge in [0, 0.05) is 17.1 Å². The molecule has 0 radical (unpaired) electrons. The van der Waals surface area contributed by atoms with E-state index in [1.165, 1.54) is 0 Å². The molecule has 0 unspecified atom stereocenters. The molecule has 1 aromatic heterocycles. The highest BCUT2D eigenvalue weighted by atomic mass is 16.5. The van der Waals surface area contributed by atoms with Gasteiger partial charge in [0.1, 0.15) is 5.75 Å². The molecule has 76 valence electrons. The van der Waals surface area contributed by atoms with E-state index in [0.717, 1.165) is 22.2 Å². The molecule has 0 amide bonds. The molecule has 2 nitrogen and oxygen atoms in total. The van der Waals surface area contributed by atoms with Crippen LogP contribution in [0.25, 0.3) is 17.0 Å². The highest BCUT2D eigenvalue weighted by Crippen LogP contribution is 2.25. The Kier molecular flexibility index (Phi) is 2.68. The number of allylic oxidation sites excluding steroid dienone is 1. The van der Waals surface area contributed by atoms with Crippen molar-refractivity contribution in [1.82, 2.24) is 4.98 Å². The van der Waals surface area contributed by atoms with E-state index in [-0.39, 0.29) is 0 Å². The zero-order valence-corrected chi connectivity index (χ0v) is 8.90. The van der Waals surface area contributed by atoms with Crippen LogP contribution in [0.4, 0.5) is 0 Å². The van der Waals surface area contributed by atoms with Gasteiger partial charge in [0.15, 0.2) is 0 Å². The molecule has 1 aromatic carbocycles. The predicted molar refractivity (Wildman–Crippen MR) is 63.0 cm³/mol. The summed E-state index contributed by atoms with van der Waals surface area (Å²) < 4.78 is 5.33. The van der Waals surface area contributed by atoms with E-state index >= 15 is 0 Å². The summed E-state index contributed by atoms with van der Waals surface area (Å²) in [4.78, 5) is 4.31. The summed E-state index contributed by atoms with van der Waals surface area (Å²) in [6.45, 7) is 1.99. The molecule has 2 rings (SSSR count). The number of rotatable bonds is 2. The van der Waals surface area contributed by atoms with E-state index in [1.54, 1.807) is 13.3 Å². The lowest BCUT2D eigenvalue weighted by Crippen LogP contribution is -1.88. The van der Waals surface area contributed by atoms with Gasteiger partial charge in [-0.3, -0.25) is 4.98 Å². The SMILES string of the molecule is C/C=C\c1cc2ncccc2cc1OC. The van der Waals surface area contributed by atoms with Gasteiger partial charge in [-0.05, 0) is 25.1 Å². The number of ether oxygens (including phenoxy) is 1. The Balaban J connectivity index is 2.69. The lowest BCUT2D eigenvalue weighted by atomic mass is 10.1. The van der Waals surface area contributed by atoms with Gasteiger partial charge in [-0.15, -0.1) is 0 Å². The monoisotopic (exact) mass is 199 g/mol. The van der Waals surface area contributed by atoms with Crippen molar-refractivity contribution in [3.05, 3.63) is 42.1 Å². The molecule has 0 atom stereocenters. The minimum atomic E-state index is 0.883. The Morgan fingerprint density at radius 1 is 1.33 bits per heavy atom. The fourth-order valence-electron chi connectivity index (χ4n) is 1.60. The van der Waals surface area contributed by atoms with E-state index in [1.807, 2.05) is 43.3 Å². The summed E-state index contributed by atoms with van der Waals surface area (Å²) in [7, 11) is 1.69. The predicted octanol–water partition coefficient (Wildman–Crippen LogP) is 3.28. The second-order valence-electron chi connectivity index (χ2n) is 3.29. The number of hydrogen-bond donors (Lipinski definition) is 0. The molecule has 15 heavy (non-hydrogen) atoms. The molecule has 0 saturated carbocycles. The molecular weight excluding hydrogens is 186 g/mol. The average molecular weight is 199 g/mol. The molecule has 0 fully saturated rings. The van der Waals surface area contributed by atoms with Gasteiger partial charge in [0.2, 0.25) is 0 Å². The molecule has 0 spiro atoms. The van der Waals surface area contributed by atoms with Crippen molar-refractivity contribution >= 4 is 17.0 Å². The minimum absolute atomic E-state index is 0.883. The normalized spacial score (nSPS) is 11.1. The lowest BCUT2D eigenvalue weighted by molar-refractivity contribution is 0.414. The third kappa shape index (κ3) is 1.84. The first-order valence-electron chi connectivity index (χ1n) is 4.90. The first-order chi connectivity index (χ1) is 7.35. The number of methoxy groups -OCH3 is 1. The summed E-state index contributed by atoms with van der Waals surface area (Å²) in [6, 6.07) is 8.01. The molecular formula is C13H13NO. The van der Waals surface area contributed by atoms with Crippen LogP contribution in [0.15, 0.2) is 36.5 Å². The number of hydrogen-bond acceptors (Lipinski definition) is 2. The molecule has 1 heterocycles. The van der Waals surface area contributed by atoms with Crippen molar-refractivity contribution in [2.75, 3.05) is 7.11 Å². The zero-order chi connectivity index (χ0) is 10.7. The standard InChI is InChI=1S/C13H13NO/c1-3-5-11-8-12-10(6-4-7-14-12)9-13(11)15-2/h3-9H,1-2H3/b5-3-. The largest absolute Gasteiger partial charge is 0.496 e.